The van der Waals surface area contributed by atoms with Crippen LogP contribution in [0, 0.1) is 23.3 Å². The van der Waals surface area contributed by atoms with Crippen molar-refractivity contribution in [2.24, 2.45) is 41.0 Å². The first-order valence-electron chi connectivity index (χ1n) is 45.5. The summed E-state index contributed by atoms with van der Waals surface area (Å²) in [5.74, 6) is 2.72. The average Bonchev–Trinajstić information content (AvgIpc) is 1.57. The Morgan fingerprint density at radius 1 is 0.410 bits per heavy atom. The number of benzene rings is 4. The van der Waals surface area contributed by atoms with Crippen LogP contribution < -0.4 is 61.9 Å². The smallest absolute Gasteiger partial charge is 0.309 e. The monoisotopic (exact) mass is 1990 g/mol. The van der Waals surface area contributed by atoms with Crippen molar-refractivity contribution in [3.05, 3.63) is 145 Å². The summed E-state index contributed by atoms with van der Waals surface area (Å²) in [4.78, 5) is 46.2. The zero-order valence-corrected chi connectivity index (χ0v) is 80.4. The van der Waals surface area contributed by atoms with E-state index in [4.69, 9.17) is 74.7 Å². The van der Waals surface area contributed by atoms with Crippen molar-refractivity contribution in [3.8, 4) is 0 Å². The minimum Gasteiger partial charge on any atom is -0.481 e. The number of nitrogens with zero attached hydrogens (tertiary/aromatic N) is 20. The van der Waals surface area contributed by atoms with Gasteiger partial charge in [0.2, 0.25) is 87.5 Å². The van der Waals surface area contributed by atoms with E-state index in [0.29, 0.717) is 58.9 Å². The number of rotatable bonds is 15. The maximum atomic E-state index is 14.3. The number of hydrogen-bond acceptors (Lipinski definition) is 33. The molecule has 0 amide bonds. The van der Waals surface area contributed by atoms with Crippen LogP contribution in [0.25, 0.3) is 44.1 Å². The number of carbonyl (C=O) groups is 1. The van der Waals surface area contributed by atoms with E-state index in [2.05, 4.69) is 84.9 Å². The zero-order valence-electron chi connectivity index (χ0n) is 77.2. The predicted molar refractivity (Wildman–Crippen MR) is 516 cm³/mol. The van der Waals surface area contributed by atoms with E-state index in [1.807, 2.05) is 39.7 Å². The van der Waals surface area contributed by atoms with Gasteiger partial charge in [0.1, 0.15) is 111 Å². The van der Waals surface area contributed by atoms with Gasteiger partial charge >= 0.3 is 5.97 Å². The number of hydrazone groups is 4. The van der Waals surface area contributed by atoms with Gasteiger partial charge in [0.05, 0.1) is 27.4 Å². The first-order valence-corrected chi connectivity index (χ1v) is 51.7. The highest BCUT2D eigenvalue weighted by Crippen LogP contribution is 2.52. The Morgan fingerprint density at radius 3 is 1.01 bits per heavy atom. The predicted octanol–water partition coefficient (Wildman–Crippen LogP) is 13.7. The van der Waals surface area contributed by atoms with E-state index in [-0.39, 0.29) is 35.5 Å². The highest BCUT2D eigenvalue weighted by Gasteiger charge is 2.53. The van der Waals surface area contributed by atoms with E-state index in [1.54, 1.807) is 58.2 Å². The number of primary sulfonamides is 4. The average molecular weight is 1990 g/mol. The number of esters is 1. The van der Waals surface area contributed by atoms with Crippen LogP contribution >= 0.6 is 0 Å². The SMILES string of the molecule is CC(=O)OC1=NN(C)c2cc3cnc(Nc4ccc(S(N)(=O)=O)c(F)c4)nc3n2C12CCCCC2.CCN1N=C(OC)C2(CCCCC2)n2c1cc1cnc(Nc3ccc(S(N)(=O)=O)c(F)c3)nc12.COC1=NN(C(C)C)c2cc3cnc(Nc4ccc(S(N)(=O)=O)c(F)c4)nc3n2C12CCCCC2.COC1=NN(C2CC2)c2cc3cnc(Nc4ccc(S(N)(=O)=O)c(F)c4)nc3n2C12CCCCC2. The van der Waals surface area contributed by atoms with Crippen molar-refractivity contribution in [1.29, 1.82) is 0 Å². The number of anilines is 12. The molecule has 49 heteroatoms. The van der Waals surface area contributed by atoms with E-state index >= 15 is 0 Å². The molecule has 0 saturated heterocycles. The first kappa shape index (κ1) is 96.0. The van der Waals surface area contributed by atoms with Crippen molar-refractivity contribution >= 4 is 184 Å². The van der Waals surface area contributed by atoms with Crippen molar-refractivity contribution in [2.75, 3.05) is 76.2 Å². The molecule has 12 N–H and O–H groups in total. The molecule has 12 aromatic rings. The highest BCUT2D eigenvalue weighted by atomic mass is 32.2. The molecule has 0 atom stereocenters. The van der Waals surface area contributed by atoms with Crippen molar-refractivity contribution in [1.82, 2.24) is 58.1 Å². The number of nitrogens with two attached hydrogens (primary N) is 4. The van der Waals surface area contributed by atoms with Crippen LogP contribution in [0.15, 0.2) is 162 Å². The maximum absolute atomic E-state index is 14.3. The number of aromatic nitrogens is 12. The third kappa shape index (κ3) is 18.1. The lowest BCUT2D eigenvalue weighted by atomic mass is 9.80. The summed E-state index contributed by atoms with van der Waals surface area (Å²) in [6.07, 6.45) is 28.6. The fourth-order valence-electron chi connectivity index (χ4n) is 20.2. The molecule has 0 bridgehead atoms. The summed E-state index contributed by atoms with van der Waals surface area (Å²) in [6, 6.07) is 22.8. The van der Waals surface area contributed by atoms with Gasteiger partial charge in [-0.05, 0) is 182 Å². The molecular formula is C90H104F4N28O13S4. The zero-order chi connectivity index (χ0) is 98.4. The van der Waals surface area contributed by atoms with E-state index in [0.717, 1.165) is 245 Å². The molecule has 5 aliphatic carbocycles. The fraction of sp³-hybridized carbons (Fsp3) is 0.411. The van der Waals surface area contributed by atoms with Crippen LogP contribution in [-0.4, -0.2) is 168 Å². The highest BCUT2D eigenvalue weighted by molar-refractivity contribution is 7.90. The van der Waals surface area contributed by atoms with Crippen molar-refractivity contribution in [3.63, 3.8) is 0 Å². The molecule has 734 valence electrons. The Labute approximate surface area is 797 Å². The van der Waals surface area contributed by atoms with Gasteiger partial charge in [-0.1, -0.05) is 77.0 Å². The minimum absolute atomic E-state index is 0.0926. The minimum atomic E-state index is -4.18. The number of ether oxygens (including phenoxy) is 4. The van der Waals surface area contributed by atoms with Crippen LogP contribution in [0.1, 0.15) is 169 Å². The van der Waals surface area contributed by atoms with Gasteiger partial charge in [-0.25, -0.2) is 112 Å². The maximum Gasteiger partial charge on any atom is 0.309 e. The number of sulfonamides is 4. The molecule has 8 aromatic heterocycles. The number of carbonyl (C=O) groups excluding carboxylic acids is 1. The van der Waals surface area contributed by atoms with Gasteiger partial charge in [0.15, 0.2) is 0 Å². The summed E-state index contributed by atoms with van der Waals surface area (Å²) in [5.41, 5.74) is 2.02. The standard InChI is InChI=1S/C23H26FN7O3S.C23H28FN7O3S.C22H24FN7O4S.C22H26FN7O3S/c1-34-21-23(9-3-2-4-10-23)30-19(31(29-21)16-6-7-16)11-14-13-26-22(28-20(14)30)27-15-5-8-18(17(24)12-15)35(25,32)33;1-14(2)31-19-11-15-13-26-22(27-16-7-8-18(17(24)12-16)35(25,32)33)28-20(15)30(19)23(21(29-31)34-3)9-5-4-6-10-23;1-13(31)34-20-22(8-4-3-5-9-22)30-18(29(2)28-20)10-14-12-25-21(27-19(14)30)26-15-6-7-17(16(23)11-15)35(24,32)33;1-3-29-18-11-14-13-25-21(26-15-7-8-17(16(23)12-15)34(24,31)32)27-19(14)30(18)22(20(28-29)33-2)9-5-4-6-10-22/h5,8,11-13,16H,2-4,6-7,9-10H2,1H3,(H2,25,32,33)(H,26,27,28);7-8,11-14H,4-6,9-10H2,1-3H3,(H2,25,32,33)(H,26,27,28);6-7,10-12H,3-5,8-9H2,1-2H3,(H2,24,32,33)(H,25,26,27);7-8,11-13H,3-6,9-10H2,1-2H3,(H2,24,31,32)(H,25,26,27). The summed E-state index contributed by atoms with van der Waals surface area (Å²) in [6.45, 7) is 8.17. The summed E-state index contributed by atoms with van der Waals surface area (Å²) in [5, 5.41) is 62.2. The van der Waals surface area contributed by atoms with E-state index in [9.17, 15) is 56.0 Å². The largest absolute Gasteiger partial charge is 0.481 e. The normalized spacial score (nSPS) is 18.0. The lowest BCUT2D eigenvalue weighted by Crippen LogP contribution is -2.50. The van der Waals surface area contributed by atoms with Crippen LogP contribution in [0.5, 0.6) is 0 Å². The van der Waals surface area contributed by atoms with Crippen LogP contribution in [0.2, 0.25) is 0 Å². The number of halogens is 4. The molecule has 9 aliphatic rings. The summed E-state index contributed by atoms with van der Waals surface area (Å²) in [7, 11) is -9.87. The lowest BCUT2D eigenvalue weighted by molar-refractivity contribution is -0.133. The second kappa shape index (κ2) is 37.1. The Kier molecular flexibility index (Phi) is 25.6. The fourth-order valence-corrected chi connectivity index (χ4v) is 22.5. The van der Waals surface area contributed by atoms with Crippen LogP contribution in [-0.2, 0) is 86.0 Å². The molecule has 12 heterocycles. The second-order valence-corrected chi connectivity index (χ2v) is 42.1. The van der Waals surface area contributed by atoms with Gasteiger partial charge in [0, 0.05) is 95.6 Å². The Bertz CT molecular complexity index is 7300. The number of nitrogens with one attached hydrogen (secondary N) is 4. The molecular weight excluding hydrogens is 1890 g/mol. The molecule has 41 nitrogen and oxygen atoms in total. The molecule has 4 spiro atoms. The van der Waals surface area contributed by atoms with Crippen LogP contribution in [0.3, 0.4) is 0 Å². The van der Waals surface area contributed by atoms with Crippen molar-refractivity contribution in [2.45, 2.75) is 223 Å². The van der Waals surface area contributed by atoms with Crippen LogP contribution in [0.4, 0.5) is 87.4 Å². The third-order valence-electron chi connectivity index (χ3n) is 26.5. The Balaban J connectivity index is 0.000000123. The molecule has 21 rings (SSSR count). The quantitative estimate of drug-likeness (QED) is 0.0349. The number of methoxy groups -OCH3 is 3. The second-order valence-electron chi connectivity index (χ2n) is 36.0. The van der Waals surface area contributed by atoms with Gasteiger partial charge in [-0.3, -0.25) is 23.1 Å². The molecule has 0 unspecified atom stereocenters. The molecule has 5 saturated carbocycles. The molecule has 4 aromatic carbocycles. The molecule has 5 fully saturated rings. The topological polar surface area (TPSA) is 528 Å². The number of hydrogen-bond donors (Lipinski definition) is 8. The van der Waals surface area contributed by atoms with Gasteiger partial charge in [-0.2, -0.15) is 19.9 Å². The van der Waals surface area contributed by atoms with Crippen molar-refractivity contribution < 1.29 is 75.0 Å². The number of fused-ring (bicyclic) bond motifs is 16. The molecule has 4 aliphatic heterocycles. The Hall–Kier alpha value is -13.3. The van der Waals surface area contributed by atoms with E-state index in [1.165, 1.54) is 37.6 Å². The third-order valence-corrected chi connectivity index (χ3v) is 30.3. The summed E-state index contributed by atoms with van der Waals surface area (Å²) >= 11 is 0. The Morgan fingerprint density at radius 2 is 0.705 bits per heavy atom. The first-order chi connectivity index (χ1) is 66.3. The van der Waals surface area contributed by atoms with Gasteiger partial charge in [-0.15, -0.1) is 20.4 Å². The van der Waals surface area contributed by atoms with E-state index < -0.39 is 111 Å². The van der Waals surface area contributed by atoms with Gasteiger partial charge < -0.3 is 40.2 Å². The molecule has 139 heavy (non-hydrogen) atoms. The summed E-state index contributed by atoms with van der Waals surface area (Å²) < 4.78 is 181. The van der Waals surface area contributed by atoms with Gasteiger partial charge in [0.25, 0.3) is 0 Å². The molecule has 0 radical (unpaired) electrons. The lowest BCUT2D eigenvalue weighted by Gasteiger charge is -2.44.